The van der Waals surface area contributed by atoms with Crippen molar-refractivity contribution in [2.75, 3.05) is 13.1 Å². The summed E-state index contributed by atoms with van der Waals surface area (Å²) in [6, 6.07) is 0.694. The normalized spacial score (nSPS) is 24.2. The molecule has 0 aromatic carbocycles. The molecule has 1 spiro atoms. The molecule has 1 saturated heterocycles. The van der Waals surface area contributed by atoms with Crippen molar-refractivity contribution in [3.05, 3.63) is 17.5 Å². The lowest BCUT2D eigenvalue weighted by Crippen LogP contribution is -2.44. The van der Waals surface area contributed by atoms with Crippen LogP contribution in [0.1, 0.15) is 44.4 Å². The summed E-state index contributed by atoms with van der Waals surface area (Å²) in [5.74, 6) is 0. The van der Waals surface area contributed by atoms with Crippen molar-refractivity contribution in [3.63, 3.8) is 0 Å². The van der Waals surface area contributed by atoms with E-state index in [4.69, 9.17) is 0 Å². The fraction of sp³-hybridized carbons (Fsp3) is 0.769. The highest BCUT2D eigenvalue weighted by atomic mass is 15.2. The molecule has 88 valence electrons. The number of nitrogens with zero attached hydrogens (tertiary/aromatic N) is 2. The summed E-state index contributed by atoms with van der Waals surface area (Å²) in [6.07, 6.45) is 7.20. The number of nitrogens with one attached hydrogen (secondary N) is 1. The van der Waals surface area contributed by atoms with Crippen molar-refractivity contribution in [3.8, 4) is 0 Å². The number of piperidine rings is 1. The molecule has 1 aromatic rings. The van der Waals surface area contributed by atoms with E-state index in [-0.39, 0.29) is 0 Å². The second-order valence-corrected chi connectivity index (χ2v) is 5.68. The summed E-state index contributed by atoms with van der Waals surface area (Å²) >= 11 is 0. The van der Waals surface area contributed by atoms with E-state index >= 15 is 0 Å². The molecule has 1 N–H and O–H groups in total. The van der Waals surface area contributed by atoms with Gasteiger partial charge in [0.25, 0.3) is 0 Å². The third-order valence-electron chi connectivity index (χ3n) is 4.61. The van der Waals surface area contributed by atoms with Crippen molar-refractivity contribution in [2.24, 2.45) is 0 Å². The summed E-state index contributed by atoms with van der Waals surface area (Å²) in [6.45, 7) is 7.09. The minimum absolute atomic E-state index is 0.442. The summed E-state index contributed by atoms with van der Waals surface area (Å²) in [4.78, 5) is 2.60. The van der Waals surface area contributed by atoms with Crippen LogP contribution in [-0.2, 0) is 11.8 Å². The third-order valence-corrected chi connectivity index (χ3v) is 4.61. The molecular weight excluding hydrogens is 198 g/mol. The average molecular weight is 219 g/mol. The number of H-pyrrole nitrogens is 1. The van der Waals surface area contributed by atoms with Gasteiger partial charge in [-0.25, -0.2) is 0 Å². The molecule has 1 aromatic heterocycles. The highest BCUT2D eigenvalue weighted by Gasteiger charge is 2.42. The smallest absolute Gasteiger partial charge is 0.0522 e. The summed E-state index contributed by atoms with van der Waals surface area (Å²) in [5, 5.41) is 7.46. The molecule has 0 amide bonds. The van der Waals surface area contributed by atoms with Gasteiger partial charge in [0.2, 0.25) is 0 Å². The van der Waals surface area contributed by atoms with Gasteiger partial charge < -0.3 is 4.90 Å². The minimum Gasteiger partial charge on any atom is -0.301 e. The standard InChI is InChI=1S/C13H21N3/c1-10(2)16-7-5-13(6-8-16)4-3-11-9-14-15-12(11)13/h9-10H,3-8H2,1-2H3,(H,14,15). The van der Waals surface area contributed by atoms with Crippen LogP contribution >= 0.6 is 0 Å². The first-order valence-corrected chi connectivity index (χ1v) is 6.48. The van der Waals surface area contributed by atoms with Crippen molar-refractivity contribution in [1.82, 2.24) is 15.1 Å². The lowest BCUT2D eigenvalue weighted by Gasteiger charge is -2.41. The second kappa shape index (κ2) is 3.59. The van der Waals surface area contributed by atoms with E-state index in [1.165, 1.54) is 50.0 Å². The van der Waals surface area contributed by atoms with Crippen LogP contribution in [0.2, 0.25) is 0 Å². The van der Waals surface area contributed by atoms with E-state index in [0.29, 0.717) is 11.5 Å². The maximum absolute atomic E-state index is 4.21. The number of fused-ring (bicyclic) bond motifs is 2. The van der Waals surface area contributed by atoms with Crippen molar-refractivity contribution < 1.29 is 0 Å². The Kier molecular flexibility index (Phi) is 2.32. The van der Waals surface area contributed by atoms with Gasteiger partial charge in [-0.1, -0.05) is 0 Å². The molecule has 2 aliphatic rings. The van der Waals surface area contributed by atoms with E-state index in [0.717, 1.165) is 0 Å². The molecule has 0 radical (unpaired) electrons. The molecule has 0 atom stereocenters. The molecule has 16 heavy (non-hydrogen) atoms. The Morgan fingerprint density at radius 3 is 2.75 bits per heavy atom. The number of aromatic amines is 1. The second-order valence-electron chi connectivity index (χ2n) is 5.68. The maximum Gasteiger partial charge on any atom is 0.0522 e. The monoisotopic (exact) mass is 219 g/mol. The number of likely N-dealkylation sites (tertiary alicyclic amines) is 1. The van der Waals surface area contributed by atoms with E-state index in [2.05, 4.69) is 28.9 Å². The molecule has 1 aliphatic carbocycles. The Bertz CT molecular complexity index is 372. The van der Waals surface area contributed by atoms with Gasteiger partial charge in [-0.05, 0) is 58.2 Å². The predicted octanol–water partition coefficient (Wildman–Crippen LogP) is 2.10. The molecule has 0 unspecified atom stereocenters. The van der Waals surface area contributed by atoms with Crippen LogP contribution in [0.5, 0.6) is 0 Å². The van der Waals surface area contributed by atoms with Gasteiger partial charge in [0.05, 0.1) is 6.20 Å². The molecule has 0 saturated carbocycles. The Morgan fingerprint density at radius 2 is 2.06 bits per heavy atom. The summed E-state index contributed by atoms with van der Waals surface area (Å²) in [5.41, 5.74) is 3.37. The maximum atomic E-state index is 4.21. The molecule has 1 fully saturated rings. The van der Waals surface area contributed by atoms with Crippen LogP contribution in [0.15, 0.2) is 6.20 Å². The fourth-order valence-electron chi connectivity index (χ4n) is 3.43. The number of hydrogen-bond acceptors (Lipinski definition) is 2. The molecule has 1 aliphatic heterocycles. The zero-order valence-corrected chi connectivity index (χ0v) is 10.3. The molecule has 3 nitrogen and oxygen atoms in total. The quantitative estimate of drug-likeness (QED) is 0.784. The van der Waals surface area contributed by atoms with E-state index in [9.17, 15) is 0 Å². The number of aromatic nitrogens is 2. The Labute approximate surface area is 97.2 Å². The van der Waals surface area contributed by atoms with Crippen LogP contribution in [0.3, 0.4) is 0 Å². The molecular formula is C13H21N3. The molecule has 3 rings (SSSR count). The predicted molar refractivity (Wildman–Crippen MR) is 64.5 cm³/mol. The number of rotatable bonds is 1. The third kappa shape index (κ3) is 1.41. The van der Waals surface area contributed by atoms with Gasteiger partial charge in [0.15, 0.2) is 0 Å². The van der Waals surface area contributed by atoms with Crippen molar-refractivity contribution in [2.45, 2.75) is 51.0 Å². The van der Waals surface area contributed by atoms with Crippen LogP contribution in [0, 0.1) is 0 Å². The van der Waals surface area contributed by atoms with Gasteiger partial charge in [0.1, 0.15) is 0 Å². The molecule has 0 bridgehead atoms. The number of aryl methyl sites for hydroxylation is 1. The van der Waals surface area contributed by atoms with E-state index in [1.807, 2.05) is 6.20 Å². The highest BCUT2D eigenvalue weighted by Crippen LogP contribution is 2.45. The zero-order valence-electron chi connectivity index (χ0n) is 10.3. The largest absolute Gasteiger partial charge is 0.301 e. The lowest BCUT2D eigenvalue weighted by atomic mass is 9.76. The summed E-state index contributed by atoms with van der Waals surface area (Å²) in [7, 11) is 0. The first-order chi connectivity index (χ1) is 7.71. The number of hydrogen-bond donors (Lipinski definition) is 1. The Balaban J connectivity index is 1.79. The SMILES string of the molecule is CC(C)N1CCC2(CCc3cn[nH]c32)CC1. The first kappa shape index (κ1) is 10.3. The van der Waals surface area contributed by atoms with Crippen LogP contribution in [0.4, 0.5) is 0 Å². The Hall–Kier alpha value is -0.830. The topological polar surface area (TPSA) is 31.9 Å². The molecule has 2 heterocycles. The van der Waals surface area contributed by atoms with Gasteiger partial charge in [-0.15, -0.1) is 0 Å². The van der Waals surface area contributed by atoms with Crippen molar-refractivity contribution >= 4 is 0 Å². The highest BCUT2D eigenvalue weighted by molar-refractivity contribution is 5.32. The van der Waals surface area contributed by atoms with E-state index < -0.39 is 0 Å². The molecule has 3 heteroatoms. The fourth-order valence-corrected chi connectivity index (χ4v) is 3.43. The van der Waals surface area contributed by atoms with Crippen LogP contribution < -0.4 is 0 Å². The van der Waals surface area contributed by atoms with E-state index in [1.54, 1.807) is 0 Å². The Morgan fingerprint density at radius 1 is 1.31 bits per heavy atom. The summed E-state index contributed by atoms with van der Waals surface area (Å²) < 4.78 is 0. The first-order valence-electron chi connectivity index (χ1n) is 6.48. The van der Waals surface area contributed by atoms with Gasteiger partial charge >= 0.3 is 0 Å². The van der Waals surface area contributed by atoms with Crippen LogP contribution in [-0.4, -0.2) is 34.2 Å². The van der Waals surface area contributed by atoms with Gasteiger partial charge in [0, 0.05) is 17.2 Å². The zero-order chi connectivity index (χ0) is 11.2. The minimum atomic E-state index is 0.442. The van der Waals surface area contributed by atoms with Gasteiger partial charge in [-0.2, -0.15) is 5.10 Å². The van der Waals surface area contributed by atoms with Crippen molar-refractivity contribution in [1.29, 1.82) is 0 Å². The van der Waals surface area contributed by atoms with Gasteiger partial charge in [-0.3, -0.25) is 5.10 Å². The van der Waals surface area contributed by atoms with Crippen LogP contribution in [0.25, 0.3) is 0 Å². The average Bonchev–Trinajstić information content (AvgIpc) is 2.85. The lowest BCUT2D eigenvalue weighted by molar-refractivity contribution is 0.127.